The van der Waals surface area contributed by atoms with Crippen LogP contribution in [0.3, 0.4) is 0 Å². The molecule has 11 heteroatoms. The smallest absolute Gasteiger partial charge is 0.238 e. The average Bonchev–Trinajstić information content (AvgIpc) is 3.17. The minimum Gasteiger partial charge on any atom is -0.325 e. The molecule has 0 spiro atoms. The van der Waals surface area contributed by atoms with Crippen molar-refractivity contribution in [2.75, 3.05) is 11.1 Å². The molecule has 152 valence electrons. The highest BCUT2D eigenvalue weighted by Crippen LogP contribution is 2.26. The van der Waals surface area contributed by atoms with Crippen LogP contribution in [-0.4, -0.2) is 39.8 Å². The van der Waals surface area contributed by atoms with Crippen molar-refractivity contribution in [1.29, 1.82) is 0 Å². The Hall–Kier alpha value is -3.28. The molecule has 0 saturated heterocycles. The van der Waals surface area contributed by atoms with Gasteiger partial charge in [0, 0.05) is 5.69 Å². The normalized spacial score (nSPS) is 11.5. The standard InChI is InChI=1S/C19H16N6O3S2/c20-30(27,28)15-8-6-13(7-9-15)24-17(26)11-29-19-16-10-23-25(18(16)21-12-22-19)14-4-2-1-3-5-14/h1-10,12H,11H2,(H,24,26)(H2,20,27,28). The van der Waals surface area contributed by atoms with Gasteiger partial charge >= 0.3 is 0 Å². The Morgan fingerprint density at radius 1 is 1.07 bits per heavy atom. The number of benzene rings is 2. The maximum absolute atomic E-state index is 12.3. The van der Waals surface area contributed by atoms with Crippen molar-refractivity contribution in [3.63, 3.8) is 0 Å². The van der Waals surface area contributed by atoms with E-state index in [1.807, 2.05) is 30.3 Å². The lowest BCUT2D eigenvalue weighted by molar-refractivity contribution is -0.113. The molecule has 30 heavy (non-hydrogen) atoms. The fraction of sp³-hybridized carbons (Fsp3) is 0.0526. The summed E-state index contributed by atoms with van der Waals surface area (Å²) in [5.74, 6) is -0.148. The zero-order chi connectivity index (χ0) is 21.1. The first-order chi connectivity index (χ1) is 14.4. The number of carbonyl (C=O) groups is 1. The predicted molar refractivity (Wildman–Crippen MR) is 114 cm³/mol. The van der Waals surface area contributed by atoms with Gasteiger partial charge in [0.15, 0.2) is 5.65 Å². The van der Waals surface area contributed by atoms with Gasteiger partial charge in [0.25, 0.3) is 0 Å². The monoisotopic (exact) mass is 440 g/mol. The van der Waals surface area contributed by atoms with Gasteiger partial charge in [0.1, 0.15) is 11.4 Å². The molecule has 0 radical (unpaired) electrons. The highest BCUT2D eigenvalue weighted by molar-refractivity contribution is 8.00. The number of hydrogen-bond acceptors (Lipinski definition) is 7. The molecule has 4 rings (SSSR count). The van der Waals surface area contributed by atoms with Crippen LogP contribution in [0.15, 0.2) is 77.0 Å². The van der Waals surface area contributed by atoms with Crippen LogP contribution in [0.2, 0.25) is 0 Å². The summed E-state index contributed by atoms with van der Waals surface area (Å²) in [6.45, 7) is 0. The number of anilines is 1. The number of nitrogens with one attached hydrogen (secondary N) is 1. The number of primary sulfonamides is 1. The van der Waals surface area contributed by atoms with Crippen molar-refractivity contribution in [2.45, 2.75) is 9.92 Å². The molecule has 2 heterocycles. The third-order valence-corrected chi connectivity index (χ3v) is 6.07. The molecule has 0 fully saturated rings. The second-order valence-electron chi connectivity index (χ2n) is 6.21. The van der Waals surface area contributed by atoms with Gasteiger partial charge in [-0.2, -0.15) is 5.10 Å². The minimum atomic E-state index is -3.77. The first-order valence-electron chi connectivity index (χ1n) is 8.71. The van der Waals surface area contributed by atoms with Crippen LogP contribution in [-0.2, 0) is 14.8 Å². The van der Waals surface area contributed by atoms with Crippen molar-refractivity contribution in [2.24, 2.45) is 5.14 Å². The number of fused-ring (bicyclic) bond motifs is 1. The third kappa shape index (κ3) is 4.32. The van der Waals surface area contributed by atoms with Crippen LogP contribution in [0, 0.1) is 0 Å². The Balaban J connectivity index is 1.46. The fourth-order valence-electron chi connectivity index (χ4n) is 2.75. The average molecular weight is 441 g/mol. The Labute approximate surface area is 176 Å². The molecule has 0 aliphatic heterocycles. The minimum absolute atomic E-state index is 0.0197. The number of carbonyl (C=O) groups excluding carboxylic acids is 1. The number of aromatic nitrogens is 4. The van der Waals surface area contributed by atoms with Gasteiger partial charge < -0.3 is 5.32 Å². The lowest BCUT2D eigenvalue weighted by Gasteiger charge is -2.06. The number of amides is 1. The third-order valence-electron chi connectivity index (χ3n) is 4.14. The van der Waals surface area contributed by atoms with Gasteiger partial charge in [-0.15, -0.1) is 0 Å². The van der Waals surface area contributed by atoms with Crippen molar-refractivity contribution in [3.05, 3.63) is 67.1 Å². The van der Waals surface area contributed by atoms with E-state index in [0.717, 1.165) is 11.1 Å². The fourth-order valence-corrected chi connectivity index (χ4v) is 4.03. The zero-order valence-electron chi connectivity index (χ0n) is 15.5. The lowest BCUT2D eigenvalue weighted by atomic mass is 10.3. The molecule has 0 unspecified atom stereocenters. The van der Waals surface area contributed by atoms with E-state index in [9.17, 15) is 13.2 Å². The van der Waals surface area contributed by atoms with Gasteiger partial charge in [0.05, 0.1) is 27.9 Å². The Kier molecular flexibility index (Phi) is 5.48. The van der Waals surface area contributed by atoms with E-state index < -0.39 is 10.0 Å². The molecule has 0 bridgehead atoms. The molecule has 2 aromatic carbocycles. The van der Waals surface area contributed by atoms with Crippen molar-refractivity contribution in [1.82, 2.24) is 19.7 Å². The van der Waals surface area contributed by atoms with Crippen LogP contribution in [0.5, 0.6) is 0 Å². The van der Waals surface area contributed by atoms with E-state index in [0.29, 0.717) is 16.4 Å². The summed E-state index contributed by atoms with van der Waals surface area (Å²) in [7, 11) is -3.77. The van der Waals surface area contributed by atoms with Crippen LogP contribution in [0.25, 0.3) is 16.7 Å². The number of hydrogen-bond donors (Lipinski definition) is 2. The largest absolute Gasteiger partial charge is 0.325 e. The quantitative estimate of drug-likeness (QED) is 0.347. The Bertz CT molecular complexity index is 1310. The predicted octanol–water partition coefficient (Wildman–Crippen LogP) is 2.19. The number of thioether (sulfide) groups is 1. The van der Waals surface area contributed by atoms with Crippen LogP contribution in [0.1, 0.15) is 0 Å². The maximum atomic E-state index is 12.3. The van der Waals surface area contributed by atoms with E-state index in [1.54, 1.807) is 10.9 Å². The summed E-state index contributed by atoms with van der Waals surface area (Å²) < 4.78 is 24.3. The van der Waals surface area contributed by atoms with Crippen molar-refractivity contribution < 1.29 is 13.2 Å². The summed E-state index contributed by atoms with van der Waals surface area (Å²) in [5.41, 5.74) is 2.00. The number of nitrogens with zero attached hydrogens (tertiary/aromatic N) is 4. The summed E-state index contributed by atoms with van der Waals surface area (Å²) in [5, 5.41) is 13.6. The highest BCUT2D eigenvalue weighted by Gasteiger charge is 2.13. The molecule has 9 nitrogen and oxygen atoms in total. The van der Waals surface area contributed by atoms with Gasteiger partial charge in [-0.1, -0.05) is 30.0 Å². The Morgan fingerprint density at radius 3 is 2.50 bits per heavy atom. The summed E-state index contributed by atoms with van der Waals surface area (Å²) in [6, 6.07) is 15.2. The SMILES string of the molecule is NS(=O)(=O)c1ccc(NC(=O)CSc2ncnc3c2cnn3-c2ccccc2)cc1. The molecular formula is C19H16N6O3S2. The van der Waals surface area contributed by atoms with E-state index >= 15 is 0 Å². The summed E-state index contributed by atoms with van der Waals surface area (Å²) in [4.78, 5) is 20.9. The van der Waals surface area contributed by atoms with Gasteiger partial charge in [0.2, 0.25) is 15.9 Å². The van der Waals surface area contributed by atoms with E-state index in [4.69, 9.17) is 5.14 Å². The number of rotatable bonds is 6. The van der Waals surface area contributed by atoms with E-state index in [1.165, 1.54) is 42.4 Å². The van der Waals surface area contributed by atoms with Crippen molar-refractivity contribution >= 4 is 44.4 Å². The first kappa shape index (κ1) is 20.0. The molecule has 0 aliphatic carbocycles. The molecule has 0 saturated carbocycles. The number of nitrogens with two attached hydrogens (primary N) is 1. The van der Waals surface area contributed by atoms with Gasteiger partial charge in [-0.05, 0) is 36.4 Å². The topological polar surface area (TPSA) is 133 Å². The molecule has 0 aliphatic rings. The highest BCUT2D eigenvalue weighted by atomic mass is 32.2. The van der Waals surface area contributed by atoms with Crippen LogP contribution >= 0.6 is 11.8 Å². The first-order valence-corrected chi connectivity index (χ1v) is 11.2. The summed E-state index contributed by atoms with van der Waals surface area (Å²) >= 11 is 1.26. The molecule has 2 aromatic heterocycles. The molecular weight excluding hydrogens is 424 g/mol. The Morgan fingerprint density at radius 2 is 1.80 bits per heavy atom. The molecule has 4 aromatic rings. The number of sulfonamides is 1. The lowest BCUT2D eigenvalue weighted by Crippen LogP contribution is -2.15. The second kappa shape index (κ2) is 8.22. The summed E-state index contributed by atoms with van der Waals surface area (Å²) in [6.07, 6.45) is 3.12. The second-order valence-corrected chi connectivity index (χ2v) is 8.74. The maximum Gasteiger partial charge on any atom is 0.238 e. The molecule has 1 amide bonds. The van der Waals surface area contributed by atoms with Gasteiger partial charge in [-0.25, -0.2) is 28.2 Å². The van der Waals surface area contributed by atoms with Gasteiger partial charge in [-0.3, -0.25) is 4.79 Å². The zero-order valence-corrected chi connectivity index (χ0v) is 17.1. The molecule has 0 atom stereocenters. The van der Waals surface area contributed by atoms with E-state index in [-0.39, 0.29) is 16.6 Å². The van der Waals surface area contributed by atoms with E-state index in [2.05, 4.69) is 20.4 Å². The van der Waals surface area contributed by atoms with Crippen LogP contribution < -0.4 is 10.5 Å². The van der Waals surface area contributed by atoms with Crippen LogP contribution in [0.4, 0.5) is 5.69 Å². The number of para-hydroxylation sites is 1. The van der Waals surface area contributed by atoms with Crippen molar-refractivity contribution in [3.8, 4) is 5.69 Å². The molecule has 3 N–H and O–H groups in total.